The van der Waals surface area contributed by atoms with Crippen LogP contribution in [0, 0.1) is 5.82 Å². The third kappa shape index (κ3) is 8.82. The lowest BCUT2D eigenvalue weighted by atomic mass is 10.0. The SMILES string of the molecule is CCCNC(=O)[C@@H](Cc1ccccc1)N(Cc1ccc(Br)cc1)C(=O)CSCc1ccc(F)cc1. The monoisotopic (exact) mass is 556 g/mol. The molecular weight excluding hydrogens is 527 g/mol. The van der Waals surface area contributed by atoms with Crippen LogP contribution in [0.2, 0.25) is 0 Å². The lowest BCUT2D eigenvalue weighted by molar-refractivity contribution is -0.139. The number of carbonyl (C=O) groups is 2. The van der Waals surface area contributed by atoms with E-state index in [0.717, 1.165) is 27.6 Å². The molecule has 0 unspecified atom stereocenters. The van der Waals surface area contributed by atoms with Crippen LogP contribution in [0.5, 0.6) is 0 Å². The van der Waals surface area contributed by atoms with Crippen LogP contribution in [0.1, 0.15) is 30.0 Å². The van der Waals surface area contributed by atoms with Crippen molar-refractivity contribution in [1.29, 1.82) is 0 Å². The summed E-state index contributed by atoms with van der Waals surface area (Å²) in [5, 5.41) is 2.99. The van der Waals surface area contributed by atoms with Gasteiger partial charge in [0.1, 0.15) is 11.9 Å². The highest BCUT2D eigenvalue weighted by molar-refractivity contribution is 9.10. The van der Waals surface area contributed by atoms with Crippen LogP contribution in [-0.2, 0) is 28.3 Å². The number of halogens is 2. The maximum atomic E-state index is 13.5. The second-order valence-electron chi connectivity index (χ2n) is 8.26. The van der Waals surface area contributed by atoms with Gasteiger partial charge < -0.3 is 10.2 Å². The summed E-state index contributed by atoms with van der Waals surface area (Å²) in [6.45, 7) is 2.90. The Kier molecular flexibility index (Phi) is 10.8. The molecular formula is C28H30BrFN2O2S. The molecule has 1 N–H and O–H groups in total. The summed E-state index contributed by atoms with van der Waals surface area (Å²) < 4.78 is 14.2. The van der Waals surface area contributed by atoms with E-state index in [-0.39, 0.29) is 23.4 Å². The minimum Gasteiger partial charge on any atom is -0.354 e. The Morgan fingerprint density at radius 1 is 0.943 bits per heavy atom. The van der Waals surface area contributed by atoms with E-state index in [4.69, 9.17) is 0 Å². The second kappa shape index (κ2) is 14.0. The van der Waals surface area contributed by atoms with Gasteiger partial charge >= 0.3 is 0 Å². The topological polar surface area (TPSA) is 49.4 Å². The first kappa shape index (κ1) is 27.0. The van der Waals surface area contributed by atoms with E-state index >= 15 is 0 Å². The van der Waals surface area contributed by atoms with Crippen LogP contribution in [0.15, 0.2) is 83.3 Å². The van der Waals surface area contributed by atoms with Crippen molar-refractivity contribution in [2.75, 3.05) is 12.3 Å². The molecule has 0 saturated carbocycles. The van der Waals surface area contributed by atoms with Crippen molar-refractivity contribution in [3.05, 3.63) is 106 Å². The Balaban J connectivity index is 1.81. The van der Waals surface area contributed by atoms with Gasteiger partial charge in [-0.1, -0.05) is 77.5 Å². The van der Waals surface area contributed by atoms with Gasteiger partial charge in [-0.05, 0) is 47.4 Å². The van der Waals surface area contributed by atoms with Gasteiger partial charge in [0.2, 0.25) is 11.8 Å². The molecule has 184 valence electrons. The summed E-state index contributed by atoms with van der Waals surface area (Å²) in [5.41, 5.74) is 2.90. The predicted octanol–water partition coefficient (Wildman–Crippen LogP) is 5.99. The lowest BCUT2D eigenvalue weighted by Gasteiger charge is -2.31. The molecule has 0 saturated heterocycles. The third-order valence-corrected chi connectivity index (χ3v) is 7.01. The molecule has 0 aliphatic rings. The molecule has 4 nitrogen and oxygen atoms in total. The highest BCUT2D eigenvalue weighted by atomic mass is 79.9. The van der Waals surface area contributed by atoms with Crippen molar-refractivity contribution in [3.63, 3.8) is 0 Å². The fourth-order valence-corrected chi connectivity index (χ4v) is 4.76. The first-order valence-corrected chi connectivity index (χ1v) is 13.6. The second-order valence-corrected chi connectivity index (χ2v) is 10.2. The molecule has 7 heteroatoms. The third-order valence-electron chi connectivity index (χ3n) is 5.49. The summed E-state index contributed by atoms with van der Waals surface area (Å²) in [5.74, 6) is 0.277. The molecule has 0 heterocycles. The molecule has 0 bridgehead atoms. The van der Waals surface area contributed by atoms with E-state index in [9.17, 15) is 14.0 Å². The highest BCUT2D eigenvalue weighted by Gasteiger charge is 2.30. The zero-order chi connectivity index (χ0) is 25.0. The van der Waals surface area contributed by atoms with Crippen LogP contribution in [-0.4, -0.2) is 35.1 Å². The Bertz CT molecular complexity index is 1080. The van der Waals surface area contributed by atoms with Gasteiger partial charge in [-0.25, -0.2) is 4.39 Å². The fraction of sp³-hybridized carbons (Fsp3) is 0.286. The number of thioether (sulfide) groups is 1. The van der Waals surface area contributed by atoms with Crippen molar-refractivity contribution in [2.24, 2.45) is 0 Å². The number of hydrogen-bond donors (Lipinski definition) is 1. The highest BCUT2D eigenvalue weighted by Crippen LogP contribution is 2.20. The summed E-state index contributed by atoms with van der Waals surface area (Å²) in [6, 6.07) is 23.2. The summed E-state index contributed by atoms with van der Waals surface area (Å²) in [6.07, 6.45) is 1.25. The standard InChI is InChI=1S/C28H30BrFN2O2S/c1-2-16-31-28(34)26(17-21-6-4-3-5-7-21)32(18-22-8-12-24(29)13-9-22)27(33)20-35-19-23-10-14-25(30)15-11-23/h3-15,26H,2,16-20H2,1H3,(H,31,34)/t26-/m1/s1. The Labute approximate surface area is 219 Å². The van der Waals surface area contributed by atoms with Crippen LogP contribution in [0.25, 0.3) is 0 Å². The first-order chi connectivity index (χ1) is 17.0. The molecule has 3 rings (SSSR count). The van der Waals surface area contributed by atoms with Crippen molar-refractivity contribution in [2.45, 2.75) is 38.1 Å². The molecule has 0 radical (unpaired) electrons. The number of nitrogens with zero attached hydrogens (tertiary/aromatic N) is 1. The Morgan fingerprint density at radius 2 is 1.60 bits per heavy atom. The lowest BCUT2D eigenvalue weighted by Crippen LogP contribution is -2.51. The maximum absolute atomic E-state index is 13.5. The van der Waals surface area contributed by atoms with Crippen LogP contribution < -0.4 is 5.32 Å². The summed E-state index contributed by atoms with van der Waals surface area (Å²) in [7, 11) is 0. The number of amides is 2. The molecule has 0 aromatic heterocycles. The zero-order valence-corrected chi connectivity index (χ0v) is 22.2. The largest absolute Gasteiger partial charge is 0.354 e. The van der Waals surface area contributed by atoms with Crippen LogP contribution >= 0.6 is 27.7 Å². The minimum atomic E-state index is -0.633. The van der Waals surface area contributed by atoms with E-state index < -0.39 is 6.04 Å². The quantitative estimate of drug-likeness (QED) is 0.298. The molecule has 1 atom stereocenters. The molecule has 35 heavy (non-hydrogen) atoms. The van der Waals surface area contributed by atoms with Gasteiger partial charge in [0.25, 0.3) is 0 Å². The van der Waals surface area contributed by atoms with Crippen molar-refractivity contribution < 1.29 is 14.0 Å². The average Bonchev–Trinajstić information content (AvgIpc) is 2.87. The predicted molar refractivity (Wildman–Crippen MR) is 144 cm³/mol. The van der Waals surface area contributed by atoms with E-state index in [2.05, 4.69) is 21.2 Å². The number of rotatable bonds is 12. The molecule has 0 aliphatic carbocycles. The van der Waals surface area contributed by atoms with Gasteiger partial charge in [-0.15, -0.1) is 11.8 Å². The minimum absolute atomic E-state index is 0.104. The number of nitrogens with one attached hydrogen (secondary N) is 1. The van der Waals surface area contributed by atoms with Crippen molar-refractivity contribution in [1.82, 2.24) is 10.2 Å². The van der Waals surface area contributed by atoms with Crippen LogP contribution in [0.4, 0.5) is 4.39 Å². The summed E-state index contributed by atoms with van der Waals surface area (Å²) >= 11 is 4.92. The maximum Gasteiger partial charge on any atom is 0.243 e. The van der Waals surface area contributed by atoms with Gasteiger partial charge in [0.05, 0.1) is 5.75 Å². The van der Waals surface area contributed by atoms with E-state index in [0.29, 0.717) is 25.3 Å². The van der Waals surface area contributed by atoms with Gasteiger partial charge in [0.15, 0.2) is 0 Å². The number of benzene rings is 3. The molecule has 0 fully saturated rings. The van der Waals surface area contributed by atoms with E-state index in [1.165, 1.54) is 23.9 Å². The first-order valence-electron chi connectivity index (χ1n) is 11.6. The normalized spacial score (nSPS) is 11.6. The number of carbonyl (C=O) groups excluding carboxylic acids is 2. The average molecular weight is 558 g/mol. The molecule has 0 aliphatic heterocycles. The Morgan fingerprint density at radius 3 is 2.26 bits per heavy atom. The molecule has 2 amide bonds. The number of hydrogen-bond acceptors (Lipinski definition) is 3. The van der Waals surface area contributed by atoms with Gasteiger partial charge in [0, 0.05) is 29.7 Å². The Hall–Kier alpha value is -2.64. The molecule has 3 aromatic rings. The molecule has 3 aromatic carbocycles. The molecule has 0 spiro atoms. The van der Waals surface area contributed by atoms with E-state index in [1.807, 2.05) is 61.5 Å². The zero-order valence-electron chi connectivity index (χ0n) is 19.8. The van der Waals surface area contributed by atoms with Gasteiger partial charge in [-0.3, -0.25) is 9.59 Å². The van der Waals surface area contributed by atoms with E-state index in [1.54, 1.807) is 17.0 Å². The van der Waals surface area contributed by atoms with Gasteiger partial charge in [-0.2, -0.15) is 0 Å². The van der Waals surface area contributed by atoms with Crippen molar-refractivity contribution >= 4 is 39.5 Å². The smallest absolute Gasteiger partial charge is 0.243 e. The summed E-state index contributed by atoms with van der Waals surface area (Å²) in [4.78, 5) is 28.5. The fourth-order valence-electron chi connectivity index (χ4n) is 3.63. The van der Waals surface area contributed by atoms with Crippen molar-refractivity contribution in [3.8, 4) is 0 Å². The van der Waals surface area contributed by atoms with Crippen LogP contribution in [0.3, 0.4) is 0 Å².